The van der Waals surface area contributed by atoms with Crippen molar-refractivity contribution in [2.24, 2.45) is 5.73 Å². The third-order valence-electron chi connectivity index (χ3n) is 3.57. The van der Waals surface area contributed by atoms with E-state index in [1.165, 1.54) is 11.8 Å². The zero-order chi connectivity index (χ0) is 15.4. The highest BCUT2D eigenvalue weighted by Gasteiger charge is 2.14. The molecule has 0 saturated heterocycles. The molecule has 0 spiro atoms. The van der Waals surface area contributed by atoms with E-state index >= 15 is 0 Å². The molecule has 0 radical (unpaired) electrons. The first-order chi connectivity index (χ1) is 10.0. The van der Waals surface area contributed by atoms with E-state index in [4.69, 9.17) is 10.2 Å². The fourth-order valence-electron chi connectivity index (χ4n) is 2.14. The molecule has 1 unspecified atom stereocenters. The molecule has 0 saturated carbocycles. The van der Waals surface area contributed by atoms with Gasteiger partial charge >= 0.3 is 0 Å². The Labute approximate surface area is 125 Å². The SMILES string of the molecule is CC(C)c1ccc(C(C)NC(=O)c2coc(CN)c2)cc1. The van der Waals surface area contributed by atoms with Gasteiger partial charge in [-0.25, -0.2) is 0 Å². The smallest absolute Gasteiger partial charge is 0.255 e. The molecule has 0 bridgehead atoms. The van der Waals surface area contributed by atoms with E-state index in [2.05, 4.69) is 43.4 Å². The van der Waals surface area contributed by atoms with Crippen LogP contribution >= 0.6 is 0 Å². The molecule has 2 aromatic rings. The average molecular weight is 286 g/mol. The van der Waals surface area contributed by atoms with Gasteiger partial charge in [-0.05, 0) is 30.0 Å². The third kappa shape index (κ3) is 3.73. The van der Waals surface area contributed by atoms with Crippen LogP contribution in [0.5, 0.6) is 0 Å². The Morgan fingerprint density at radius 3 is 2.33 bits per heavy atom. The summed E-state index contributed by atoms with van der Waals surface area (Å²) in [6.07, 6.45) is 1.44. The highest BCUT2D eigenvalue weighted by atomic mass is 16.3. The minimum atomic E-state index is -0.154. The lowest BCUT2D eigenvalue weighted by atomic mass is 9.99. The van der Waals surface area contributed by atoms with Crippen LogP contribution in [-0.2, 0) is 6.54 Å². The number of carbonyl (C=O) groups is 1. The summed E-state index contributed by atoms with van der Waals surface area (Å²) in [5, 5.41) is 2.96. The Bertz CT molecular complexity index is 600. The molecule has 0 aliphatic carbocycles. The van der Waals surface area contributed by atoms with Gasteiger partial charge in [-0.3, -0.25) is 4.79 Å². The summed E-state index contributed by atoms with van der Waals surface area (Å²) in [5.41, 5.74) is 8.34. The van der Waals surface area contributed by atoms with Gasteiger partial charge in [0.05, 0.1) is 18.2 Å². The summed E-state index contributed by atoms with van der Waals surface area (Å²) in [4.78, 5) is 12.1. The van der Waals surface area contributed by atoms with Gasteiger partial charge in [0.15, 0.2) is 0 Å². The van der Waals surface area contributed by atoms with Gasteiger partial charge in [-0.1, -0.05) is 38.1 Å². The molecule has 1 heterocycles. The molecule has 0 fully saturated rings. The predicted molar refractivity (Wildman–Crippen MR) is 83.0 cm³/mol. The normalized spacial score (nSPS) is 12.4. The van der Waals surface area contributed by atoms with Crippen molar-refractivity contribution in [1.29, 1.82) is 0 Å². The predicted octanol–water partition coefficient (Wildman–Crippen LogP) is 3.35. The van der Waals surface area contributed by atoms with Crippen LogP contribution in [0.15, 0.2) is 41.0 Å². The fraction of sp³-hybridized carbons (Fsp3) is 0.353. The molecule has 0 aliphatic rings. The number of benzene rings is 1. The van der Waals surface area contributed by atoms with Gasteiger partial charge in [0, 0.05) is 0 Å². The van der Waals surface area contributed by atoms with Gasteiger partial charge in [0.25, 0.3) is 5.91 Å². The number of nitrogens with two attached hydrogens (primary N) is 1. The quantitative estimate of drug-likeness (QED) is 0.885. The second-order valence-electron chi connectivity index (χ2n) is 5.52. The number of furan rings is 1. The number of hydrogen-bond acceptors (Lipinski definition) is 3. The maximum absolute atomic E-state index is 12.1. The van der Waals surface area contributed by atoms with E-state index in [0.717, 1.165) is 5.56 Å². The molecule has 3 N–H and O–H groups in total. The lowest BCUT2D eigenvalue weighted by molar-refractivity contribution is 0.0939. The molecule has 4 heteroatoms. The topological polar surface area (TPSA) is 68.3 Å². The first-order valence-corrected chi connectivity index (χ1v) is 7.19. The standard InChI is InChI=1S/C17H22N2O2/c1-11(2)13-4-6-14(7-5-13)12(3)19-17(20)15-8-16(9-18)21-10-15/h4-8,10-12H,9,18H2,1-3H3,(H,19,20). The van der Waals surface area contributed by atoms with Crippen molar-refractivity contribution in [1.82, 2.24) is 5.32 Å². The number of nitrogens with one attached hydrogen (secondary N) is 1. The lowest BCUT2D eigenvalue weighted by Gasteiger charge is -2.15. The van der Waals surface area contributed by atoms with Crippen LogP contribution < -0.4 is 11.1 Å². The lowest BCUT2D eigenvalue weighted by Crippen LogP contribution is -2.26. The molecule has 4 nitrogen and oxygen atoms in total. The van der Waals surface area contributed by atoms with Crippen molar-refractivity contribution in [3.63, 3.8) is 0 Å². The highest BCUT2D eigenvalue weighted by Crippen LogP contribution is 2.19. The van der Waals surface area contributed by atoms with E-state index in [0.29, 0.717) is 23.8 Å². The Kier molecular flexibility index (Phi) is 4.81. The van der Waals surface area contributed by atoms with Gasteiger partial charge in [0.1, 0.15) is 12.0 Å². The molecule has 112 valence electrons. The Morgan fingerprint density at radius 2 is 1.81 bits per heavy atom. The second kappa shape index (κ2) is 6.59. The van der Waals surface area contributed by atoms with Crippen molar-refractivity contribution in [2.45, 2.75) is 39.3 Å². The maximum Gasteiger partial charge on any atom is 0.255 e. The van der Waals surface area contributed by atoms with Crippen molar-refractivity contribution < 1.29 is 9.21 Å². The molecule has 2 rings (SSSR count). The molecule has 0 aliphatic heterocycles. The monoisotopic (exact) mass is 286 g/mol. The molecule has 21 heavy (non-hydrogen) atoms. The molecular weight excluding hydrogens is 264 g/mol. The number of rotatable bonds is 5. The maximum atomic E-state index is 12.1. The van der Waals surface area contributed by atoms with Crippen molar-refractivity contribution in [2.75, 3.05) is 0 Å². The summed E-state index contributed by atoms with van der Waals surface area (Å²) in [5.74, 6) is 0.956. The summed E-state index contributed by atoms with van der Waals surface area (Å²) < 4.78 is 5.18. The average Bonchev–Trinajstić information content (AvgIpc) is 2.96. The van der Waals surface area contributed by atoms with Crippen LogP contribution in [0.4, 0.5) is 0 Å². The highest BCUT2D eigenvalue weighted by molar-refractivity contribution is 5.94. The molecule has 1 aromatic carbocycles. The first-order valence-electron chi connectivity index (χ1n) is 7.19. The van der Waals surface area contributed by atoms with Gasteiger partial charge in [-0.2, -0.15) is 0 Å². The van der Waals surface area contributed by atoms with Crippen LogP contribution in [-0.4, -0.2) is 5.91 Å². The number of amides is 1. The Hall–Kier alpha value is -2.07. The fourth-order valence-corrected chi connectivity index (χ4v) is 2.14. The number of hydrogen-bond donors (Lipinski definition) is 2. The van der Waals surface area contributed by atoms with Crippen LogP contribution in [0.25, 0.3) is 0 Å². The van der Waals surface area contributed by atoms with E-state index in [1.807, 2.05) is 6.92 Å². The second-order valence-corrected chi connectivity index (χ2v) is 5.52. The van der Waals surface area contributed by atoms with Crippen LogP contribution in [0.2, 0.25) is 0 Å². The third-order valence-corrected chi connectivity index (χ3v) is 3.57. The van der Waals surface area contributed by atoms with E-state index < -0.39 is 0 Å². The minimum Gasteiger partial charge on any atom is -0.467 e. The van der Waals surface area contributed by atoms with Crippen molar-refractivity contribution in [3.05, 3.63) is 59.0 Å². The Balaban J connectivity index is 2.03. The molecule has 1 amide bonds. The van der Waals surface area contributed by atoms with Gasteiger partial charge in [0.2, 0.25) is 0 Å². The van der Waals surface area contributed by atoms with E-state index in [-0.39, 0.29) is 11.9 Å². The minimum absolute atomic E-state index is 0.0602. The summed E-state index contributed by atoms with van der Waals surface area (Å²) in [6.45, 7) is 6.58. The molecule has 1 aromatic heterocycles. The zero-order valence-electron chi connectivity index (χ0n) is 12.7. The summed E-state index contributed by atoms with van der Waals surface area (Å²) in [7, 11) is 0. The van der Waals surface area contributed by atoms with E-state index in [9.17, 15) is 4.79 Å². The van der Waals surface area contributed by atoms with Crippen LogP contribution in [0.3, 0.4) is 0 Å². The summed E-state index contributed by atoms with van der Waals surface area (Å²) >= 11 is 0. The van der Waals surface area contributed by atoms with Gasteiger partial charge < -0.3 is 15.5 Å². The van der Waals surface area contributed by atoms with Crippen LogP contribution in [0.1, 0.15) is 60.0 Å². The first kappa shape index (κ1) is 15.3. The van der Waals surface area contributed by atoms with Crippen molar-refractivity contribution >= 4 is 5.91 Å². The largest absolute Gasteiger partial charge is 0.467 e. The molecular formula is C17H22N2O2. The zero-order valence-corrected chi connectivity index (χ0v) is 12.7. The molecule has 1 atom stereocenters. The summed E-state index contributed by atoms with van der Waals surface area (Å²) in [6, 6.07) is 9.93. The Morgan fingerprint density at radius 1 is 1.19 bits per heavy atom. The number of carbonyl (C=O) groups excluding carboxylic acids is 1. The van der Waals surface area contributed by atoms with E-state index in [1.54, 1.807) is 6.07 Å². The van der Waals surface area contributed by atoms with Crippen LogP contribution in [0, 0.1) is 0 Å². The van der Waals surface area contributed by atoms with Gasteiger partial charge in [-0.15, -0.1) is 0 Å². The van der Waals surface area contributed by atoms with Crippen molar-refractivity contribution in [3.8, 4) is 0 Å².